The van der Waals surface area contributed by atoms with Crippen molar-refractivity contribution in [3.63, 3.8) is 0 Å². The number of aliphatic imine (C=N–C) groups is 1. The summed E-state index contributed by atoms with van der Waals surface area (Å²) in [6.07, 6.45) is 4.99. The number of fused-ring (bicyclic) bond motifs is 2. The molecule has 1 saturated heterocycles. The van der Waals surface area contributed by atoms with Crippen LogP contribution in [0.4, 0.5) is 0 Å². The molecule has 7 nitrogen and oxygen atoms in total. The van der Waals surface area contributed by atoms with Crippen molar-refractivity contribution in [2.75, 3.05) is 13.1 Å². The summed E-state index contributed by atoms with van der Waals surface area (Å²) in [6, 6.07) is 15.1. The number of amidine groups is 1. The number of carbonyl (C=O) groups excluding carboxylic acids is 1. The van der Waals surface area contributed by atoms with E-state index >= 15 is 0 Å². The fraction of sp³-hybridized carbons (Fsp3) is 0.375. The van der Waals surface area contributed by atoms with Gasteiger partial charge in [0.05, 0.1) is 21.2 Å². The van der Waals surface area contributed by atoms with Crippen LogP contribution < -0.4 is 4.72 Å². The number of likely N-dealkylation sites (tertiary alicyclic amines) is 1. The summed E-state index contributed by atoms with van der Waals surface area (Å²) in [5, 5.41) is 1.04. The van der Waals surface area contributed by atoms with E-state index < -0.39 is 10.0 Å². The first-order chi connectivity index (χ1) is 16.0. The minimum atomic E-state index is -3.50. The average Bonchev–Trinajstić information content (AvgIpc) is 3.52. The van der Waals surface area contributed by atoms with Gasteiger partial charge < -0.3 is 4.90 Å². The number of benzene rings is 2. The van der Waals surface area contributed by atoms with Crippen LogP contribution in [0, 0.1) is 0 Å². The number of nitrogens with one attached hydrogen (secondary N) is 1. The van der Waals surface area contributed by atoms with Crippen LogP contribution >= 0.6 is 11.3 Å². The number of rotatable bonds is 7. The fourth-order valence-electron chi connectivity index (χ4n) is 4.51. The smallest absolute Gasteiger partial charge is 0.263 e. The summed E-state index contributed by atoms with van der Waals surface area (Å²) in [7, 11) is -3.50. The molecular formula is C24H26N4O3S2. The molecule has 1 amide bonds. The van der Waals surface area contributed by atoms with E-state index in [2.05, 4.69) is 15.8 Å². The topological polar surface area (TPSA) is 91.7 Å². The lowest BCUT2D eigenvalue weighted by Crippen LogP contribution is -2.30. The molecular weight excluding hydrogens is 456 g/mol. The van der Waals surface area contributed by atoms with Crippen molar-refractivity contribution in [3.8, 4) is 0 Å². The van der Waals surface area contributed by atoms with Gasteiger partial charge in [-0.15, -0.1) is 11.3 Å². The second-order valence-corrected chi connectivity index (χ2v) is 11.1. The van der Waals surface area contributed by atoms with Gasteiger partial charge in [0.15, 0.2) is 0 Å². The number of unbranched alkanes of at least 4 members (excludes halogenated alkanes) is 2. The number of para-hydroxylation sites is 1. The van der Waals surface area contributed by atoms with Crippen molar-refractivity contribution in [3.05, 3.63) is 59.1 Å². The summed E-state index contributed by atoms with van der Waals surface area (Å²) < 4.78 is 28.0. The van der Waals surface area contributed by atoms with E-state index in [1.54, 1.807) is 29.5 Å². The molecule has 0 radical (unpaired) electrons. The van der Waals surface area contributed by atoms with Gasteiger partial charge in [-0.25, -0.2) is 13.4 Å². The predicted octanol–water partition coefficient (Wildman–Crippen LogP) is 4.26. The van der Waals surface area contributed by atoms with E-state index in [0.717, 1.165) is 49.2 Å². The van der Waals surface area contributed by atoms with Crippen molar-refractivity contribution < 1.29 is 13.2 Å². The van der Waals surface area contributed by atoms with Crippen LogP contribution in [-0.4, -0.2) is 43.1 Å². The number of amides is 1. The lowest BCUT2D eigenvalue weighted by molar-refractivity contribution is -0.132. The molecule has 3 aromatic rings. The quantitative estimate of drug-likeness (QED) is 0.510. The van der Waals surface area contributed by atoms with E-state index in [1.807, 2.05) is 29.2 Å². The Bertz CT molecular complexity index is 1280. The van der Waals surface area contributed by atoms with Crippen LogP contribution in [0.1, 0.15) is 55.1 Å². The van der Waals surface area contributed by atoms with Crippen LogP contribution in [0.2, 0.25) is 0 Å². The largest absolute Gasteiger partial charge is 0.333 e. The van der Waals surface area contributed by atoms with Gasteiger partial charge in [-0.3, -0.25) is 14.5 Å². The molecule has 1 unspecified atom stereocenters. The number of aromatic nitrogens is 1. The van der Waals surface area contributed by atoms with Gasteiger partial charge in [0.25, 0.3) is 10.0 Å². The molecule has 0 aliphatic carbocycles. The number of hydrogen-bond donors (Lipinski definition) is 1. The molecule has 2 aromatic carbocycles. The fourth-order valence-corrected chi connectivity index (χ4v) is 6.87. The van der Waals surface area contributed by atoms with E-state index in [-0.39, 0.29) is 16.8 Å². The van der Waals surface area contributed by atoms with Crippen LogP contribution in [0.3, 0.4) is 0 Å². The van der Waals surface area contributed by atoms with E-state index in [0.29, 0.717) is 24.4 Å². The zero-order chi connectivity index (χ0) is 22.8. The molecule has 33 heavy (non-hydrogen) atoms. The lowest BCUT2D eigenvalue weighted by atomic mass is 10.1. The first-order valence-electron chi connectivity index (χ1n) is 11.3. The van der Waals surface area contributed by atoms with Crippen molar-refractivity contribution >= 4 is 43.3 Å². The number of thiazole rings is 1. The molecule has 0 bridgehead atoms. The Balaban J connectivity index is 1.11. The van der Waals surface area contributed by atoms with Gasteiger partial charge in [0, 0.05) is 25.1 Å². The zero-order valence-electron chi connectivity index (χ0n) is 18.2. The first-order valence-corrected chi connectivity index (χ1v) is 13.6. The van der Waals surface area contributed by atoms with Gasteiger partial charge in [0.2, 0.25) is 5.91 Å². The number of sulfonamides is 1. The SMILES string of the molecule is O=C(CCCCCN=C1NS(=O)(=O)c2ccccc21)N1CCCC1c1nc2ccccc2s1. The third-order valence-electron chi connectivity index (χ3n) is 6.15. The van der Waals surface area contributed by atoms with Crippen molar-refractivity contribution in [1.82, 2.24) is 14.6 Å². The Labute approximate surface area is 197 Å². The second-order valence-electron chi connectivity index (χ2n) is 8.41. The summed E-state index contributed by atoms with van der Waals surface area (Å²) >= 11 is 1.69. The number of hydrogen-bond acceptors (Lipinski definition) is 6. The normalized spacial score (nSPS) is 20.3. The maximum Gasteiger partial charge on any atom is 0.263 e. The van der Waals surface area contributed by atoms with Gasteiger partial charge in [0.1, 0.15) is 10.8 Å². The third-order valence-corrected chi connectivity index (χ3v) is 8.68. The lowest BCUT2D eigenvalue weighted by Gasteiger charge is -2.23. The van der Waals surface area contributed by atoms with Crippen LogP contribution in [0.25, 0.3) is 10.2 Å². The zero-order valence-corrected chi connectivity index (χ0v) is 19.9. The Morgan fingerprint density at radius 3 is 2.82 bits per heavy atom. The van der Waals surface area contributed by atoms with Gasteiger partial charge in [-0.05, 0) is 49.9 Å². The molecule has 0 spiro atoms. The summed E-state index contributed by atoms with van der Waals surface area (Å²) in [4.78, 5) is 24.4. The molecule has 1 atom stereocenters. The summed E-state index contributed by atoms with van der Waals surface area (Å²) in [5.41, 5.74) is 1.63. The monoisotopic (exact) mass is 482 g/mol. The van der Waals surface area contributed by atoms with Gasteiger partial charge in [-0.1, -0.05) is 30.7 Å². The molecule has 1 fully saturated rings. The van der Waals surface area contributed by atoms with E-state index in [4.69, 9.17) is 4.98 Å². The standard InChI is InChI=1S/C24H26N4O3S2/c29-22(28-16-8-11-19(28)24-26-18-10-4-5-12-20(18)32-24)14-2-1-7-15-25-23-17-9-3-6-13-21(17)33(30,31)27-23/h3-6,9-10,12-13,19H,1-2,7-8,11,14-16H2,(H,25,27). The van der Waals surface area contributed by atoms with Crippen LogP contribution in [-0.2, 0) is 14.8 Å². The van der Waals surface area contributed by atoms with Crippen molar-refractivity contribution in [2.24, 2.45) is 4.99 Å². The highest BCUT2D eigenvalue weighted by Gasteiger charge is 2.32. The molecule has 1 aromatic heterocycles. The molecule has 2 aliphatic heterocycles. The summed E-state index contributed by atoms with van der Waals surface area (Å²) in [6.45, 7) is 1.32. The molecule has 9 heteroatoms. The predicted molar refractivity (Wildman–Crippen MR) is 130 cm³/mol. The number of nitrogens with zero attached hydrogens (tertiary/aromatic N) is 3. The van der Waals surface area contributed by atoms with Crippen molar-refractivity contribution in [1.29, 1.82) is 0 Å². The van der Waals surface area contributed by atoms with Gasteiger partial charge >= 0.3 is 0 Å². The van der Waals surface area contributed by atoms with Crippen molar-refractivity contribution in [2.45, 2.75) is 49.5 Å². The maximum absolute atomic E-state index is 12.9. The highest BCUT2D eigenvalue weighted by Crippen LogP contribution is 2.36. The highest BCUT2D eigenvalue weighted by atomic mass is 32.2. The Kier molecular flexibility index (Phi) is 6.16. The second kappa shape index (κ2) is 9.23. The molecule has 2 aliphatic rings. The maximum atomic E-state index is 12.9. The number of carbonyl (C=O) groups is 1. The van der Waals surface area contributed by atoms with E-state index in [1.165, 1.54) is 4.70 Å². The third kappa shape index (κ3) is 4.52. The Morgan fingerprint density at radius 1 is 1.12 bits per heavy atom. The Morgan fingerprint density at radius 2 is 1.94 bits per heavy atom. The molecule has 172 valence electrons. The van der Waals surface area contributed by atoms with E-state index in [9.17, 15) is 13.2 Å². The Hall–Kier alpha value is -2.78. The molecule has 5 rings (SSSR count). The molecule has 0 saturated carbocycles. The summed E-state index contributed by atoms with van der Waals surface area (Å²) in [5.74, 6) is 0.609. The average molecular weight is 483 g/mol. The van der Waals surface area contributed by atoms with Crippen LogP contribution in [0.15, 0.2) is 58.4 Å². The highest BCUT2D eigenvalue weighted by molar-refractivity contribution is 7.90. The molecule has 3 heterocycles. The first kappa shape index (κ1) is 22.0. The molecule has 1 N–H and O–H groups in total. The minimum Gasteiger partial charge on any atom is -0.333 e. The van der Waals surface area contributed by atoms with Crippen LogP contribution in [0.5, 0.6) is 0 Å². The minimum absolute atomic E-state index is 0.0942. The van der Waals surface area contributed by atoms with Gasteiger partial charge in [-0.2, -0.15) is 0 Å².